The Balaban J connectivity index is 0. The van der Waals surface area contributed by atoms with Crippen LogP contribution in [-0.4, -0.2) is 68.6 Å². The molecule has 27 heteroatoms. The maximum absolute atomic E-state index is 12.2. The van der Waals surface area contributed by atoms with E-state index in [9.17, 15) is 74.4 Å². The third kappa shape index (κ3) is 19.7. The summed E-state index contributed by atoms with van der Waals surface area (Å²) in [5.74, 6) is 28.6. The number of nitrogens with two attached hydrogens (primary N) is 1. The van der Waals surface area contributed by atoms with Crippen LogP contribution in [0.2, 0.25) is 0 Å². The number of methoxy groups -OCH3 is 2. The van der Waals surface area contributed by atoms with Gasteiger partial charge in [-0.05, 0) is 127 Å². The minimum absolute atomic E-state index is 0.104. The average molecular weight is 1040 g/mol. The zero-order chi connectivity index (χ0) is 47.2. The second kappa shape index (κ2) is 24.8. The van der Waals surface area contributed by atoms with Crippen LogP contribution in [0.1, 0.15) is 20.7 Å². The second-order valence-electron chi connectivity index (χ2n) is 8.88. The molecule has 60 heavy (non-hydrogen) atoms. The highest BCUT2D eigenvalue weighted by Crippen LogP contribution is 2.35. The molecule has 0 saturated carbocycles. The molecule has 0 saturated heterocycles. The predicted molar refractivity (Wildman–Crippen MR) is 203 cm³/mol. The van der Waals surface area contributed by atoms with Gasteiger partial charge < -0.3 is 15.2 Å². The van der Waals surface area contributed by atoms with Gasteiger partial charge in [-0.3, -0.25) is 14.3 Å². The van der Waals surface area contributed by atoms with E-state index >= 15 is 0 Å². The average Bonchev–Trinajstić information content (AvgIpc) is 3.11. The van der Waals surface area contributed by atoms with Gasteiger partial charge in [0.25, 0.3) is 0 Å². The molecule has 320 valence electrons. The SMILES string of the molecule is C#CC#CC#CC#CC#CC#CC#C.COc1cc(C=O)c(Br)cc1N.COc1cc(C=O)c(Br)cc1NS(=O)(=O)C(F)(F)F.O=S(=O)(OS(=O)(=O)C(F)(F)F)C(F)(F)F. The van der Waals surface area contributed by atoms with Gasteiger partial charge in [0.2, 0.25) is 0 Å². The predicted octanol–water partition coefficient (Wildman–Crippen LogP) is 5.36. The number of carbonyl (C=O) groups excluding carboxylic acids is 2. The number of hydrogen-bond donors (Lipinski definition) is 2. The third-order valence-electron chi connectivity index (χ3n) is 4.92. The number of terminal acetylenes is 2. The summed E-state index contributed by atoms with van der Waals surface area (Å²) in [6, 6.07) is 5.34. The number of nitrogen functional groups attached to an aromatic ring is 1. The third-order valence-corrected chi connectivity index (χ3v) is 9.96. The number of alkyl halides is 9. The lowest BCUT2D eigenvalue weighted by Crippen LogP contribution is -2.34. The Bertz CT molecular complexity index is 2570. The first-order valence-corrected chi connectivity index (χ1v) is 19.6. The lowest BCUT2D eigenvalue weighted by molar-refractivity contribution is -0.0586. The Morgan fingerprint density at radius 2 is 0.933 bits per heavy atom. The fraction of sp³-hybridized carbons (Fsp3) is 0.152. The smallest absolute Gasteiger partial charge is 0.495 e. The summed E-state index contributed by atoms with van der Waals surface area (Å²) in [5.41, 5.74) is -11.7. The Morgan fingerprint density at radius 3 is 1.23 bits per heavy atom. The fourth-order valence-corrected chi connectivity index (χ4v) is 5.50. The van der Waals surface area contributed by atoms with Crippen molar-refractivity contribution in [2.45, 2.75) is 16.5 Å². The molecule has 0 unspecified atom stereocenters. The summed E-state index contributed by atoms with van der Waals surface area (Å²) in [7, 11) is -16.6. The van der Waals surface area contributed by atoms with Crippen LogP contribution in [0.5, 0.6) is 11.5 Å². The lowest BCUT2D eigenvalue weighted by atomic mass is 10.2. The highest BCUT2D eigenvalue weighted by Gasteiger charge is 2.57. The second-order valence-corrected chi connectivity index (χ2v) is 15.6. The Kier molecular flexibility index (Phi) is 23.2. The summed E-state index contributed by atoms with van der Waals surface area (Å²) >= 11 is 6.13. The van der Waals surface area contributed by atoms with Crippen molar-refractivity contribution >= 4 is 86.1 Å². The van der Waals surface area contributed by atoms with Crippen LogP contribution in [0.4, 0.5) is 50.9 Å². The summed E-state index contributed by atoms with van der Waals surface area (Å²) in [5, 5.41) is 0. The van der Waals surface area contributed by atoms with E-state index in [0.717, 1.165) is 25.5 Å². The normalized spacial score (nSPS) is 10.4. The van der Waals surface area contributed by atoms with Gasteiger partial charge in [-0.1, -0.05) is 0 Å². The van der Waals surface area contributed by atoms with Gasteiger partial charge >= 0.3 is 46.8 Å². The van der Waals surface area contributed by atoms with Gasteiger partial charge in [0.1, 0.15) is 11.5 Å². The van der Waals surface area contributed by atoms with Gasteiger partial charge in [-0.2, -0.15) is 64.8 Å². The van der Waals surface area contributed by atoms with E-state index in [0.29, 0.717) is 27.8 Å². The Morgan fingerprint density at radius 1 is 0.600 bits per heavy atom. The monoisotopic (exact) mass is 1040 g/mol. The number of anilines is 2. The molecule has 0 aliphatic rings. The van der Waals surface area contributed by atoms with Crippen molar-refractivity contribution in [2.24, 2.45) is 0 Å². The molecule has 2 aromatic rings. The highest BCUT2D eigenvalue weighted by atomic mass is 79.9. The molecule has 13 nitrogen and oxygen atoms in total. The van der Waals surface area contributed by atoms with Crippen LogP contribution in [-0.2, 0) is 33.9 Å². The molecular weight excluding hydrogens is 1030 g/mol. The number of hydrogen-bond acceptors (Lipinski definition) is 12. The molecule has 2 aromatic carbocycles. The maximum atomic E-state index is 12.2. The van der Waals surface area contributed by atoms with Gasteiger partial charge in [-0.15, -0.1) is 16.5 Å². The molecule has 0 aliphatic carbocycles. The maximum Gasteiger partial charge on any atom is 0.524 e. The number of nitrogens with one attached hydrogen (secondary N) is 1. The summed E-state index contributed by atoms with van der Waals surface area (Å²) < 4.78 is 181. The van der Waals surface area contributed by atoms with E-state index in [1.807, 2.05) is 3.63 Å². The molecule has 0 heterocycles. The van der Waals surface area contributed by atoms with Crippen LogP contribution in [0.25, 0.3) is 0 Å². The van der Waals surface area contributed by atoms with Gasteiger partial charge in [0.05, 0.1) is 25.6 Å². The molecule has 0 atom stereocenters. The number of carbonyl (C=O) groups is 2. The van der Waals surface area contributed by atoms with Crippen LogP contribution >= 0.6 is 31.9 Å². The fourth-order valence-electron chi connectivity index (χ4n) is 2.48. The molecule has 2 rings (SSSR count). The number of benzene rings is 2. The number of ether oxygens (including phenoxy) is 2. The van der Waals surface area contributed by atoms with Crippen molar-refractivity contribution in [1.29, 1.82) is 0 Å². The van der Waals surface area contributed by atoms with Crippen LogP contribution in [0, 0.1) is 83.9 Å². The number of halogens is 11. The first-order valence-electron chi connectivity index (χ1n) is 13.7. The van der Waals surface area contributed by atoms with Crippen molar-refractivity contribution in [2.75, 3.05) is 24.7 Å². The molecular formula is C33H17Br2F9N2O11S3. The summed E-state index contributed by atoms with van der Waals surface area (Å²) in [4.78, 5) is 21.1. The van der Waals surface area contributed by atoms with E-state index in [1.54, 1.807) is 12.1 Å². The van der Waals surface area contributed by atoms with E-state index in [1.165, 1.54) is 11.8 Å². The van der Waals surface area contributed by atoms with Crippen molar-refractivity contribution in [1.82, 2.24) is 0 Å². The number of aldehydes is 2. The molecule has 0 aromatic heterocycles. The molecule has 0 bridgehead atoms. The van der Waals surface area contributed by atoms with Crippen LogP contribution in [0.3, 0.4) is 0 Å². The largest absolute Gasteiger partial charge is 0.524 e. The topological polar surface area (TPSA) is 202 Å². The van der Waals surface area contributed by atoms with Crippen LogP contribution in [0.15, 0.2) is 33.2 Å². The first-order chi connectivity index (χ1) is 27.4. The zero-order valence-electron chi connectivity index (χ0n) is 29.1. The van der Waals surface area contributed by atoms with Crippen LogP contribution < -0.4 is 19.9 Å². The Labute approximate surface area is 352 Å². The quantitative estimate of drug-likeness (QED) is 0.113. The van der Waals surface area contributed by atoms with Gasteiger partial charge in [0.15, 0.2) is 12.6 Å². The number of sulfonamides is 1. The first kappa shape index (κ1) is 56.1. The van der Waals surface area contributed by atoms with Crippen molar-refractivity contribution in [3.8, 4) is 95.4 Å². The standard InChI is InChI=1S/C14H2.C9H7BrF3NO4S.C8H8BrNO2.C2F6O5S2/c1-3-5-7-9-11-13-14-12-10-8-6-4-2;1-18-8-2-5(4-15)6(10)3-7(8)14-19(16,17)9(11,12)13;1-12-8-2-5(4-11)6(9)3-7(8)10;3-1(4,5)14(9,10)13-15(11,12)2(6,7)8/h1-2H;2-4,14H,1H3;2-4H,10H2,1H3;. The molecule has 3 N–H and O–H groups in total. The van der Waals surface area contributed by atoms with Crippen molar-refractivity contribution < 1.29 is 87.5 Å². The highest BCUT2D eigenvalue weighted by molar-refractivity contribution is 9.10. The Hall–Kier alpha value is -5.96. The van der Waals surface area contributed by atoms with Gasteiger partial charge in [-0.25, -0.2) is 0 Å². The lowest BCUT2D eigenvalue weighted by Gasteiger charge is -2.14. The minimum Gasteiger partial charge on any atom is -0.495 e. The van der Waals surface area contributed by atoms with E-state index in [2.05, 4.69) is 103 Å². The van der Waals surface area contributed by atoms with E-state index < -0.39 is 52.5 Å². The van der Waals surface area contributed by atoms with Gasteiger partial charge in [0, 0.05) is 20.1 Å². The molecule has 0 radical (unpaired) electrons. The van der Waals surface area contributed by atoms with Crippen molar-refractivity contribution in [3.63, 3.8) is 0 Å². The number of rotatable bonds is 8. The van der Waals surface area contributed by atoms with E-state index in [4.69, 9.17) is 28.1 Å². The summed E-state index contributed by atoms with van der Waals surface area (Å²) in [6.45, 7) is 0. The molecule has 0 amide bonds. The van der Waals surface area contributed by atoms with Crippen molar-refractivity contribution in [3.05, 3.63) is 44.3 Å². The summed E-state index contributed by atoms with van der Waals surface area (Å²) in [6.07, 6.45) is 10.9. The minimum atomic E-state index is -6.85. The zero-order valence-corrected chi connectivity index (χ0v) is 34.7. The molecule has 0 fully saturated rings. The molecule has 0 aliphatic heterocycles. The van der Waals surface area contributed by atoms with E-state index in [-0.39, 0.29) is 15.8 Å². The molecule has 0 spiro atoms.